The lowest BCUT2D eigenvalue weighted by Gasteiger charge is -2.04. The molecule has 2 aromatic rings. The first kappa shape index (κ1) is 10.4. The average Bonchev–Trinajstić information content (AvgIpc) is 2.56. The fourth-order valence-electron chi connectivity index (χ4n) is 1.36. The fourth-order valence-corrected chi connectivity index (χ4v) is 2.33. The number of thiazole rings is 1. The van der Waals surface area contributed by atoms with E-state index in [-0.39, 0.29) is 6.04 Å². The van der Waals surface area contributed by atoms with Crippen LogP contribution in [0.15, 0.2) is 18.2 Å². The molecule has 0 aliphatic rings. The molecular weight excluding hydrogens is 206 g/mol. The van der Waals surface area contributed by atoms with Crippen molar-refractivity contribution in [3.05, 3.63) is 23.8 Å². The summed E-state index contributed by atoms with van der Waals surface area (Å²) in [4.78, 5) is 4.48. The number of fused-ring (bicyclic) bond motifs is 1. The van der Waals surface area contributed by atoms with Crippen LogP contribution in [-0.4, -0.2) is 17.6 Å². The number of aromatic nitrogens is 1. The highest BCUT2D eigenvalue weighted by atomic mass is 32.1. The van der Waals surface area contributed by atoms with Crippen molar-refractivity contribution in [1.29, 1.82) is 0 Å². The molecule has 1 unspecified atom stereocenters. The van der Waals surface area contributed by atoms with Gasteiger partial charge >= 0.3 is 0 Å². The number of nitrogens with zero attached hydrogens (tertiary/aromatic N) is 1. The van der Waals surface area contributed by atoms with Crippen LogP contribution in [-0.2, 0) is 0 Å². The van der Waals surface area contributed by atoms with Gasteiger partial charge in [0.25, 0.3) is 0 Å². The van der Waals surface area contributed by atoms with Crippen LogP contribution in [0.4, 0.5) is 5.13 Å². The quantitative estimate of drug-likeness (QED) is 0.836. The van der Waals surface area contributed by atoms with E-state index in [4.69, 9.17) is 5.73 Å². The van der Waals surface area contributed by atoms with Crippen molar-refractivity contribution in [2.45, 2.75) is 19.9 Å². The number of anilines is 1. The van der Waals surface area contributed by atoms with Crippen molar-refractivity contribution in [3.63, 3.8) is 0 Å². The molecule has 0 amide bonds. The van der Waals surface area contributed by atoms with Gasteiger partial charge in [-0.1, -0.05) is 17.4 Å². The summed E-state index contributed by atoms with van der Waals surface area (Å²) in [6.45, 7) is 4.83. The summed E-state index contributed by atoms with van der Waals surface area (Å²) in [6, 6.07) is 6.44. The SMILES string of the molecule is Cc1ccc2nc(NCC(C)N)sc2c1. The van der Waals surface area contributed by atoms with Crippen LogP contribution in [0, 0.1) is 6.92 Å². The summed E-state index contributed by atoms with van der Waals surface area (Å²) in [6.07, 6.45) is 0. The Kier molecular flexibility index (Phi) is 2.88. The van der Waals surface area contributed by atoms with E-state index >= 15 is 0 Å². The highest BCUT2D eigenvalue weighted by Gasteiger charge is 2.03. The summed E-state index contributed by atoms with van der Waals surface area (Å²) < 4.78 is 1.22. The Morgan fingerprint density at radius 2 is 2.33 bits per heavy atom. The lowest BCUT2D eigenvalue weighted by Crippen LogP contribution is -2.25. The van der Waals surface area contributed by atoms with Crippen LogP contribution in [0.5, 0.6) is 0 Å². The molecule has 80 valence electrons. The molecule has 0 spiro atoms. The van der Waals surface area contributed by atoms with Gasteiger partial charge in [-0.2, -0.15) is 0 Å². The van der Waals surface area contributed by atoms with Crippen molar-refractivity contribution in [3.8, 4) is 0 Å². The lowest BCUT2D eigenvalue weighted by molar-refractivity contribution is 0.779. The Labute approximate surface area is 93.3 Å². The maximum absolute atomic E-state index is 5.67. The molecule has 0 saturated carbocycles. The largest absolute Gasteiger partial charge is 0.360 e. The number of hydrogen-bond acceptors (Lipinski definition) is 4. The zero-order chi connectivity index (χ0) is 10.8. The van der Waals surface area contributed by atoms with Crippen molar-refractivity contribution in [2.24, 2.45) is 5.73 Å². The number of aryl methyl sites for hydroxylation is 1. The van der Waals surface area contributed by atoms with Crippen LogP contribution in [0.2, 0.25) is 0 Å². The van der Waals surface area contributed by atoms with Gasteiger partial charge in [0, 0.05) is 12.6 Å². The summed E-state index contributed by atoms with van der Waals surface area (Å²) in [5, 5.41) is 4.19. The van der Waals surface area contributed by atoms with Crippen LogP contribution >= 0.6 is 11.3 Å². The molecule has 0 saturated heterocycles. The first-order valence-corrected chi connectivity index (χ1v) is 5.83. The molecule has 0 fully saturated rings. The maximum atomic E-state index is 5.67. The second-order valence-electron chi connectivity index (χ2n) is 3.85. The third-order valence-corrected chi connectivity index (χ3v) is 3.10. The molecule has 1 aromatic carbocycles. The molecule has 4 heteroatoms. The van der Waals surface area contributed by atoms with E-state index in [0.717, 1.165) is 17.2 Å². The third-order valence-electron chi connectivity index (χ3n) is 2.12. The predicted molar refractivity (Wildman–Crippen MR) is 66.5 cm³/mol. The van der Waals surface area contributed by atoms with Crippen LogP contribution < -0.4 is 11.1 Å². The predicted octanol–water partition coefficient (Wildman–Crippen LogP) is 2.36. The number of rotatable bonds is 3. The van der Waals surface area contributed by atoms with Crippen molar-refractivity contribution >= 4 is 26.7 Å². The Bertz CT molecular complexity index is 462. The van der Waals surface area contributed by atoms with Crippen molar-refractivity contribution < 1.29 is 0 Å². The molecule has 1 atom stereocenters. The lowest BCUT2D eigenvalue weighted by atomic mass is 10.2. The van der Waals surface area contributed by atoms with Gasteiger partial charge in [0.05, 0.1) is 10.2 Å². The van der Waals surface area contributed by atoms with E-state index in [2.05, 4.69) is 35.4 Å². The number of benzene rings is 1. The third kappa shape index (κ3) is 2.46. The zero-order valence-corrected chi connectivity index (χ0v) is 9.77. The Hall–Kier alpha value is -1.13. The first-order chi connectivity index (χ1) is 7.15. The van der Waals surface area contributed by atoms with Gasteiger partial charge < -0.3 is 11.1 Å². The van der Waals surface area contributed by atoms with Gasteiger partial charge in [-0.15, -0.1) is 0 Å². The monoisotopic (exact) mass is 221 g/mol. The van der Waals surface area contributed by atoms with Gasteiger partial charge in [0.15, 0.2) is 5.13 Å². The summed E-state index contributed by atoms with van der Waals surface area (Å²) in [7, 11) is 0. The second kappa shape index (κ2) is 4.16. The van der Waals surface area contributed by atoms with E-state index in [1.54, 1.807) is 11.3 Å². The summed E-state index contributed by atoms with van der Waals surface area (Å²) in [5.74, 6) is 0. The number of nitrogens with two attached hydrogens (primary N) is 1. The molecular formula is C11H15N3S. The Morgan fingerprint density at radius 3 is 3.07 bits per heavy atom. The molecule has 0 radical (unpaired) electrons. The first-order valence-electron chi connectivity index (χ1n) is 5.02. The van der Waals surface area contributed by atoms with Crippen LogP contribution in [0.1, 0.15) is 12.5 Å². The number of nitrogens with one attached hydrogen (secondary N) is 1. The van der Waals surface area contributed by atoms with Crippen LogP contribution in [0.25, 0.3) is 10.2 Å². The summed E-state index contributed by atoms with van der Waals surface area (Å²) >= 11 is 1.68. The van der Waals surface area contributed by atoms with E-state index in [9.17, 15) is 0 Å². The van der Waals surface area contributed by atoms with Crippen molar-refractivity contribution in [2.75, 3.05) is 11.9 Å². The topological polar surface area (TPSA) is 50.9 Å². The van der Waals surface area contributed by atoms with Gasteiger partial charge in [-0.3, -0.25) is 0 Å². The van der Waals surface area contributed by atoms with Gasteiger partial charge in [-0.05, 0) is 31.5 Å². The smallest absolute Gasteiger partial charge is 0.183 e. The molecule has 3 N–H and O–H groups in total. The minimum Gasteiger partial charge on any atom is -0.360 e. The van der Waals surface area contributed by atoms with Gasteiger partial charge in [0.1, 0.15) is 0 Å². The molecule has 15 heavy (non-hydrogen) atoms. The molecule has 1 heterocycles. The molecule has 2 rings (SSSR count). The highest BCUT2D eigenvalue weighted by molar-refractivity contribution is 7.22. The normalized spacial score (nSPS) is 13.0. The fraction of sp³-hybridized carbons (Fsp3) is 0.364. The molecule has 0 aliphatic heterocycles. The van der Waals surface area contributed by atoms with E-state index in [1.807, 2.05) is 6.92 Å². The minimum absolute atomic E-state index is 0.152. The van der Waals surface area contributed by atoms with E-state index in [0.29, 0.717) is 0 Å². The zero-order valence-electron chi connectivity index (χ0n) is 8.95. The molecule has 1 aromatic heterocycles. The highest BCUT2D eigenvalue weighted by Crippen LogP contribution is 2.26. The minimum atomic E-state index is 0.152. The van der Waals surface area contributed by atoms with E-state index < -0.39 is 0 Å². The van der Waals surface area contributed by atoms with E-state index in [1.165, 1.54) is 10.3 Å². The standard InChI is InChI=1S/C11H15N3S/c1-7-3-4-9-10(5-7)15-11(14-9)13-6-8(2)12/h3-5,8H,6,12H2,1-2H3,(H,13,14). The molecule has 0 bridgehead atoms. The number of hydrogen-bond donors (Lipinski definition) is 2. The Morgan fingerprint density at radius 1 is 1.53 bits per heavy atom. The molecule has 0 aliphatic carbocycles. The van der Waals surface area contributed by atoms with Crippen LogP contribution in [0.3, 0.4) is 0 Å². The average molecular weight is 221 g/mol. The van der Waals surface area contributed by atoms with Gasteiger partial charge in [-0.25, -0.2) is 4.98 Å². The maximum Gasteiger partial charge on any atom is 0.183 e. The summed E-state index contributed by atoms with van der Waals surface area (Å²) in [5.41, 5.74) is 7.99. The Balaban J connectivity index is 2.23. The molecule has 3 nitrogen and oxygen atoms in total. The van der Waals surface area contributed by atoms with Crippen molar-refractivity contribution in [1.82, 2.24) is 4.98 Å². The van der Waals surface area contributed by atoms with Gasteiger partial charge in [0.2, 0.25) is 0 Å². The second-order valence-corrected chi connectivity index (χ2v) is 4.88.